The van der Waals surface area contributed by atoms with Gasteiger partial charge in [-0.05, 0) is 31.7 Å². The van der Waals surface area contributed by atoms with Crippen LogP contribution in [0.5, 0.6) is 0 Å². The Morgan fingerprint density at radius 3 is 2.43 bits per heavy atom. The number of piperazine rings is 1. The molecule has 21 heavy (non-hydrogen) atoms. The van der Waals surface area contributed by atoms with Gasteiger partial charge in [-0.25, -0.2) is 4.79 Å². The van der Waals surface area contributed by atoms with Gasteiger partial charge in [-0.1, -0.05) is 6.92 Å². The van der Waals surface area contributed by atoms with Gasteiger partial charge < -0.3 is 19.8 Å². The van der Waals surface area contributed by atoms with Crippen LogP contribution in [0.1, 0.15) is 32.6 Å². The van der Waals surface area contributed by atoms with E-state index in [1.165, 1.54) is 0 Å². The number of amides is 2. The number of hydrogen-bond donors (Lipinski definition) is 1. The first-order valence-electron chi connectivity index (χ1n) is 8.08. The number of carbonyl (C=O) groups is 2. The number of rotatable bonds is 4. The van der Waals surface area contributed by atoms with Gasteiger partial charge in [0.2, 0.25) is 0 Å². The third kappa shape index (κ3) is 4.59. The summed E-state index contributed by atoms with van der Waals surface area (Å²) in [6.45, 7) is 8.26. The van der Waals surface area contributed by atoms with Crippen molar-refractivity contribution >= 4 is 12.0 Å². The number of carboxylic acids is 1. The van der Waals surface area contributed by atoms with E-state index in [0.717, 1.165) is 58.7 Å². The van der Waals surface area contributed by atoms with E-state index in [0.29, 0.717) is 12.3 Å². The maximum absolute atomic E-state index is 12.5. The van der Waals surface area contributed by atoms with E-state index in [9.17, 15) is 9.59 Å². The van der Waals surface area contributed by atoms with Crippen LogP contribution in [0.2, 0.25) is 0 Å². The van der Waals surface area contributed by atoms with Crippen LogP contribution in [0.25, 0.3) is 0 Å². The molecule has 0 saturated carbocycles. The lowest BCUT2D eigenvalue weighted by molar-refractivity contribution is -0.137. The Hall–Kier alpha value is -1.30. The summed E-state index contributed by atoms with van der Waals surface area (Å²) in [6.07, 6.45) is 2.93. The lowest BCUT2D eigenvalue weighted by Gasteiger charge is -2.40. The second-order valence-electron chi connectivity index (χ2n) is 6.09. The average molecular weight is 297 g/mol. The summed E-state index contributed by atoms with van der Waals surface area (Å²) in [5, 5.41) is 8.78. The van der Waals surface area contributed by atoms with E-state index in [4.69, 9.17) is 5.11 Å². The zero-order valence-corrected chi connectivity index (χ0v) is 13.0. The predicted octanol–water partition coefficient (Wildman–Crippen LogP) is 1.32. The zero-order valence-electron chi connectivity index (χ0n) is 13.0. The van der Waals surface area contributed by atoms with E-state index in [1.54, 1.807) is 0 Å². The molecule has 0 aromatic carbocycles. The van der Waals surface area contributed by atoms with Crippen molar-refractivity contribution in [3.63, 3.8) is 0 Å². The number of carbonyl (C=O) groups excluding carboxylic acids is 1. The Labute approximate surface area is 126 Å². The van der Waals surface area contributed by atoms with Crippen molar-refractivity contribution in [2.75, 3.05) is 45.8 Å². The molecule has 2 aliphatic rings. The van der Waals surface area contributed by atoms with Gasteiger partial charge in [0.25, 0.3) is 0 Å². The van der Waals surface area contributed by atoms with Crippen LogP contribution in [-0.4, -0.2) is 77.6 Å². The van der Waals surface area contributed by atoms with Crippen LogP contribution < -0.4 is 0 Å². The molecule has 0 bridgehead atoms. The maximum atomic E-state index is 12.5. The molecule has 120 valence electrons. The number of carboxylic acid groups (broad SMARTS) is 1. The summed E-state index contributed by atoms with van der Waals surface area (Å²) in [4.78, 5) is 29.5. The lowest BCUT2D eigenvalue weighted by atomic mass is 9.93. The second-order valence-corrected chi connectivity index (χ2v) is 6.09. The molecule has 1 unspecified atom stereocenters. The molecular weight excluding hydrogens is 270 g/mol. The lowest BCUT2D eigenvalue weighted by Crippen LogP contribution is -2.54. The van der Waals surface area contributed by atoms with Crippen molar-refractivity contribution in [1.82, 2.24) is 14.7 Å². The fourth-order valence-electron chi connectivity index (χ4n) is 3.26. The molecule has 2 heterocycles. The van der Waals surface area contributed by atoms with Crippen LogP contribution >= 0.6 is 0 Å². The number of nitrogens with zero attached hydrogens (tertiary/aromatic N) is 3. The van der Waals surface area contributed by atoms with Crippen LogP contribution in [0.3, 0.4) is 0 Å². The number of likely N-dealkylation sites (tertiary alicyclic amines) is 1. The third-order valence-corrected chi connectivity index (χ3v) is 4.65. The van der Waals surface area contributed by atoms with Crippen molar-refractivity contribution in [3.8, 4) is 0 Å². The molecule has 2 aliphatic heterocycles. The molecular formula is C15H27N3O3. The fourth-order valence-corrected chi connectivity index (χ4v) is 3.26. The molecule has 6 nitrogen and oxygen atoms in total. The largest absolute Gasteiger partial charge is 0.481 e. The van der Waals surface area contributed by atoms with Gasteiger partial charge in [0.1, 0.15) is 0 Å². The molecule has 1 N–H and O–H groups in total. The highest BCUT2D eigenvalue weighted by Crippen LogP contribution is 2.22. The maximum Gasteiger partial charge on any atom is 0.320 e. The zero-order chi connectivity index (χ0) is 15.2. The Morgan fingerprint density at radius 2 is 1.81 bits per heavy atom. The molecule has 2 fully saturated rings. The van der Waals surface area contributed by atoms with Crippen LogP contribution in [0.15, 0.2) is 0 Å². The minimum Gasteiger partial charge on any atom is -0.481 e. The second kappa shape index (κ2) is 7.64. The van der Waals surface area contributed by atoms with Gasteiger partial charge in [0.05, 0.1) is 0 Å². The summed E-state index contributed by atoms with van der Waals surface area (Å²) in [6, 6.07) is 0.144. The summed E-state index contributed by atoms with van der Waals surface area (Å²) in [5.74, 6) is -0.398. The first kappa shape index (κ1) is 16.1. The molecule has 0 radical (unpaired) electrons. The van der Waals surface area contributed by atoms with E-state index < -0.39 is 5.97 Å². The van der Waals surface area contributed by atoms with Crippen molar-refractivity contribution in [2.45, 2.75) is 32.6 Å². The van der Waals surface area contributed by atoms with Crippen LogP contribution in [-0.2, 0) is 4.79 Å². The van der Waals surface area contributed by atoms with E-state index >= 15 is 0 Å². The normalized spacial score (nSPS) is 24.1. The first-order chi connectivity index (χ1) is 10.1. The van der Waals surface area contributed by atoms with Gasteiger partial charge in [-0.2, -0.15) is 0 Å². The Bertz CT molecular complexity index is 367. The van der Waals surface area contributed by atoms with Gasteiger partial charge >= 0.3 is 12.0 Å². The summed E-state index contributed by atoms with van der Waals surface area (Å²) >= 11 is 0. The number of aliphatic carboxylic acids is 1. The summed E-state index contributed by atoms with van der Waals surface area (Å²) < 4.78 is 0. The minimum absolute atomic E-state index is 0.144. The van der Waals surface area contributed by atoms with Gasteiger partial charge in [-0.15, -0.1) is 0 Å². The molecule has 0 spiro atoms. The van der Waals surface area contributed by atoms with Gasteiger partial charge in [0.15, 0.2) is 0 Å². The molecule has 2 saturated heterocycles. The highest BCUT2D eigenvalue weighted by atomic mass is 16.4. The molecule has 6 heteroatoms. The van der Waals surface area contributed by atoms with Crippen molar-refractivity contribution < 1.29 is 14.7 Å². The Kier molecular flexibility index (Phi) is 5.85. The van der Waals surface area contributed by atoms with Gasteiger partial charge in [0, 0.05) is 45.7 Å². The van der Waals surface area contributed by atoms with Gasteiger partial charge in [-0.3, -0.25) is 4.79 Å². The van der Waals surface area contributed by atoms with Crippen LogP contribution in [0.4, 0.5) is 4.79 Å². The number of urea groups is 1. The summed E-state index contributed by atoms with van der Waals surface area (Å²) in [5.41, 5.74) is 0. The SMILES string of the molecule is CCN1CCN(C(=O)N2CCCC(CCC(=O)O)C2)CC1. The average Bonchev–Trinajstić information content (AvgIpc) is 2.52. The number of hydrogen-bond acceptors (Lipinski definition) is 3. The fraction of sp³-hybridized carbons (Fsp3) is 0.867. The van der Waals surface area contributed by atoms with Crippen molar-refractivity contribution in [2.24, 2.45) is 5.92 Å². The highest BCUT2D eigenvalue weighted by Gasteiger charge is 2.28. The minimum atomic E-state index is -0.742. The molecule has 2 amide bonds. The molecule has 0 aromatic rings. The third-order valence-electron chi connectivity index (χ3n) is 4.65. The van der Waals surface area contributed by atoms with Crippen molar-refractivity contribution in [3.05, 3.63) is 0 Å². The highest BCUT2D eigenvalue weighted by molar-refractivity contribution is 5.74. The van der Waals surface area contributed by atoms with E-state index in [2.05, 4.69) is 11.8 Å². The molecule has 0 aromatic heterocycles. The van der Waals surface area contributed by atoms with E-state index in [1.807, 2.05) is 9.80 Å². The standard InChI is InChI=1S/C15H27N3O3/c1-2-16-8-10-17(11-9-16)15(21)18-7-3-4-13(12-18)5-6-14(19)20/h13H,2-12H2,1H3,(H,19,20). The number of likely N-dealkylation sites (N-methyl/N-ethyl adjacent to an activating group) is 1. The van der Waals surface area contributed by atoms with Crippen molar-refractivity contribution in [1.29, 1.82) is 0 Å². The first-order valence-corrected chi connectivity index (χ1v) is 8.08. The monoisotopic (exact) mass is 297 g/mol. The predicted molar refractivity (Wildman–Crippen MR) is 80.2 cm³/mol. The van der Waals surface area contributed by atoms with Crippen LogP contribution in [0, 0.1) is 5.92 Å². The molecule has 0 aliphatic carbocycles. The molecule has 2 rings (SSSR count). The molecule has 1 atom stereocenters. The quantitative estimate of drug-likeness (QED) is 0.850. The Morgan fingerprint density at radius 1 is 1.10 bits per heavy atom. The smallest absolute Gasteiger partial charge is 0.320 e. The Balaban J connectivity index is 1.80. The summed E-state index contributed by atoms with van der Waals surface area (Å²) in [7, 11) is 0. The number of piperidine rings is 1. The topological polar surface area (TPSA) is 64.1 Å². The van der Waals surface area contributed by atoms with E-state index in [-0.39, 0.29) is 12.5 Å².